The molecule has 10 heteroatoms. The quantitative estimate of drug-likeness (QED) is 0.841. The first kappa shape index (κ1) is 17.0. The van der Waals surface area contributed by atoms with Crippen molar-refractivity contribution >= 4 is 34.8 Å². The highest BCUT2D eigenvalue weighted by atomic mass is 35.5. The molecule has 1 N–H and O–H groups in total. The lowest BCUT2D eigenvalue weighted by atomic mass is 10.1. The van der Waals surface area contributed by atoms with Gasteiger partial charge in [-0.25, -0.2) is 17.6 Å². The molecule has 0 fully saturated rings. The average molecular weight is 359 g/mol. The number of amides is 1. The molecule has 120 valence electrons. The Bertz CT molecular complexity index is 642. The van der Waals surface area contributed by atoms with Crippen molar-refractivity contribution in [3.05, 3.63) is 33.8 Å². The van der Waals surface area contributed by atoms with E-state index in [2.05, 4.69) is 5.10 Å². The van der Waals surface area contributed by atoms with Crippen LogP contribution < -0.4 is 0 Å². The second kappa shape index (κ2) is 6.02. The van der Waals surface area contributed by atoms with Crippen LogP contribution in [-0.4, -0.2) is 40.3 Å². The second-order valence-corrected chi connectivity index (χ2v) is 5.33. The van der Waals surface area contributed by atoms with Crippen molar-refractivity contribution in [2.45, 2.75) is 25.0 Å². The summed E-state index contributed by atoms with van der Waals surface area (Å²) in [7, 11) is 0. The van der Waals surface area contributed by atoms with Gasteiger partial charge in [0.2, 0.25) is 5.72 Å². The maximum absolute atomic E-state index is 13.0. The number of nitrogens with zero attached hydrogens (tertiary/aromatic N) is 2. The fourth-order valence-electron chi connectivity index (χ4n) is 1.88. The number of carbonyl (C=O) groups excluding carboxylic acids is 1. The fourth-order valence-corrected chi connectivity index (χ4v) is 2.25. The van der Waals surface area contributed by atoms with Crippen molar-refractivity contribution in [3.8, 4) is 0 Å². The largest absolute Gasteiger partial charge is 0.364 e. The molecule has 2 rings (SSSR count). The van der Waals surface area contributed by atoms with E-state index >= 15 is 0 Å². The molecule has 1 atom stereocenters. The molecule has 1 unspecified atom stereocenters. The Hall–Kier alpha value is -1.38. The van der Waals surface area contributed by atoms with Crippen molar-refractivity contribution in [3.63, 3.8) is 0 Å². The first-order valence-electron chi connectivity index (χ1n) is 5.82. The summed E-state index contributed by atoms with van der Waals surface area (Å²) in [6.07, 6.45) is -7.85. The van der Waals surface area contributed by atoms with E-state index in [4.69, 9.17) is 23.2 Å². The molecule has 1 heterocycles. The van der Waals surface area contributed by atoms with Crippen molar-refractivity contribution in [2.75, 3.05) is 0 Å². The summed E-state index contributed by atoms with van der Waals surface area (Å²) in [6, 6.07) is 3.64. The van der Waals surface area contributed by atoms with Crippen molar-refractivity contribution in [1.29, 1.82) is 0 Å². The molecule has 1 amide bonds. The molecule has 1 aromatic carbocycles. The Morgan fingerprint density at radius 2 is 1.95 bits per heavy atom. The summed E-state index contributed by atoms with van der Waals surface area (Å²) >= 11 is 11.5. The zero-order valence-corrected chi connectivity index (χ0v) is 12.1. The number of hydrogen-bond acceptors (Lipinski definition) is 3. The van der Waals surface area contributed by atoms with Gasteiger partial charge in [0.05, 0.1) is 10.6 Å². The molecule has 0 spiro atoms. The van der Waals surface area contributed by atoms with E-state index < -0.39 is 36.6 Å². The lowest BCUT2D eigenvalue weighted by molar-refractivity contribution is -0.164. The maximum atomic E-state index is 13.0. The molecular formula is C12H8Cl2F4N2O2. The second-order valence-electron chi connectivity index (χ2n) is 4.49. The molecule has 1 aliphatic rings. The van der Waals surface area contributed by atoms with E-state index in [1.807, 2.05) is 0 Å². The molecule has 1 aliphatic heterocycles. The molecule has 0 aliphatic carbocycles. The van der Waals surface area contributed by atoms with Gasteiger partial charge in [-0.2, -0.15) is 10.1 Å². The zero-order valence-electron chi connectivity index (χ0n) is 10.6. The van der Waals surface area contributed by atoms with E-state index in [-0.39, 0.29) is 20.6 Å². The van der Waals surface area contributed by atoms with Gasteiger partial charge in [0.25, 0.3) is 18.8 Å². The smallest absolute Gasteiger partial charge is 0.287 e. The number of hydrogen-bond donors (Lipinski definition) is 1. The zero-order chi connectivity index (χ0) is 16.7. The SMILES string of the molecule is O=C(c1cc(Cl)ccc1Cl)N1N=C(C(F)F)CC1(O)C(F)F. The van der Waals surface area contributed by atoms with Crippen LogP contribution in [0.3, 0.4) is 0 Å². The van der Waals surface area contributed by atoms with Crippen LogP contribution in [-0.2, 0) is 0 Å². The third kappa shape index (κ3) is 2.90. The van der Waals surface area contributed by atoms with Gasteiger partial charge >= 0.3 is 0 Å². The normalized spacial score (nSPS) is 21.7. The molecule has 0 saturated carbocycles. The molecule has 4 nitrogen and oxygen atoms in total. The molecular weight excluding hydrogens is 351 g/mol. The Morgan fingerprint density at radius 3 is 2.50 bits per heavy atom. The van der Waals surface area contributed by atoms with Gasteiger partial charge in [-0.1, -0.05) is 23.2 Å². The Morgan fingerprint density at radius 1 is 1.32 bits per heavy atom. The number of rotatable bonds is 3. The van der Waals surface area contributed by atoms with Gasteiger partial charge < -0.3 is 5.11 Å². The summed E-state index contributed by atoms with van der Waals surface area (Å²) in [5.41, 5.74) is -4.52. The van der Waals surface area contributed by atoms with E-state index in [1.54, 1.807) is 0 Å². The lowest BCUT2D eigenvalue weighted by Crippen LogP contribution is -2.51. The first-order chi connectivity index (χ1) is 10.2. The highest BCUT2D eigenvalue weighted by molar-refractivity contribution is 6.35. The third-order valence-electron chi connectivity index (χ3n) is 2.99. The van der Waals surface area contributed by atoms with E-state index in [1.165, 1.54) is 12.1 Å². The van der Waals surface area contributed by atoms with Crippen LogP contribution in [0.2, 0.25) is 10.0 Å². The van der Waals surface area contributed by atoms with Crippen LogP contribution >= 0.6 is 23.2 Å². The van der Waals surface area contributed by atoms with Crippen LogP contribution in [0, 0.1) is 0 Å². The van der Waals surface area contributed by atoms with Crippen molar-refractivity contribution < 1.29 is 27.5 Å². The van der Waals surface area contributed by atoms with Crippen LogP contribution in [0.4, 0.5) is 17.6 Å². The summed E-state index contributed by atoms with van der Waals surface area (Å²) in [6.45, 7) is 0. The molecule has 0 bridgehead atoms. The maximum Gasteiger partial charge on any atom is 0.287 e. The van der Waals surface area contributed by atoms with E-state index in [0.29, 0.717) is 0 Å². The van der Waals surface area contributed by atoms with Crippen LogP contribution in [0.5, 0.6) is 0 Å². The molecule has 1 aromatic rings. The first-order valence-corrected chi connectivity index (χ1v) is 6.58. The Balaban J connectivity index is 2.47. The number of aliphatic hydroxyl groups is 1. The molecule has 0 radical (unpaired) electrons. The highest BCUT2D eigenvalue weighted by Crippen LogP contribution is 2.35. The summed E-state index contributed by atoms with van der Waals surface area (Å²) in [4.78, 5) is 12.2. The summed E-state index contributed by atoms with van der Waals surface area (Å²) in [5.74, 6) is -1.26. The van der Waals surface area contributed by atoms with Crippen LogP contribution in [0.25, 0.3) is 0 Å². The van der Waals surface area contributed by atoms with Gasteiger partial charge in [0, 0.05) is 11.4 Å². The standard InChI is InChI=1S/C12H8Cl2F4N2O2/c13-5-1-2-7(14)6(3-5)10(21)20-12(22,11(17)18)4-8(19-20)9(15)16/h1-3,9,11,22H,4H2. The number of hydrazone groups is 1. The fraction of sp³-hybridized carbons (Fsp3) is 0.333. The minimum atomic E-state index is -3.51. The Kier molecular flexibility index (Phi) is 4.65. The number of halogens is 6. The average Bonchev–Trinajstić information content (AvgIpc) is 2.80. The van der Waals surface area contributed by atoms with E-state index in [0.717, 1.165) is 6.07 Å². The van der Waals surface area contributed by atoms with Gasteiger partial charge in [-0.3, -0.25) is 4.79 Å². The molecule has 0 saturated heterocycles. The third-order valence-corrected chi connectivity index (χ3v) is 3.55. The van der Waals surface area contributed by atoms with Gasteiger partial charge in [0.1, 0.15) is 5.71 Å². The predicted octanol–water partition coefficient (Wildman–Crippen LogP) is 3.41. The Labute approximate surface area is 131 Å². The van der Waals surface area contributed by atoms with Crippen LogP contribution in [0.15, 0.2) is 23.3 Å². The summed E-state index contributed by atoms with van der Waals surface area (Å²) < 4.78 is 51.4. The topological polar surface area (TPSA) is 52.9 Å². The number of alkyl halides is 4. The van der Waals surface area contributed by atoms with Crippen molar-refractivity contribution in [2.24, 2.45) is 5.10 Å². The van der Waals surface area contributed by atoms with Crippen molar-refractivity contribution in [1.82, 2.24) is 5.01 Å². The molecule has 22 heavy (non-hydrogen) atoms. The minimum Gasteiger partial charge on any atom is -0.364 e. The van der Waals surface area contributed by atoms with Crippen LogP contribution in [0.1, 0.15) is 16.8 Å². The van der Waals surface area contributed by atoms with Gasteiger partial charge in [-0.05, 0) is 18.2 Å². The van der Waals surface area contributed by atoms with Gasteiger partial charge in [-0.15, -0.1) is 0 Å². The van der Waals surface area contributed by atoms with Gasteiger partial charge in [0.15, 0.2) is 0 Å². The lowest BCUT2D eigenvalue weighted by Gasteiger charge is -2.30. The molecule has 0 aromatic heterocycles. The predicted molar refractivity (Wildman–Crippen MR) is 71.6 cm³/mol. The monoisotopic (exact) mass is 358 g/mol. The summed E-state index contributed by atoms with van der Waals surface area (Å²) in [5, 5.41) is 12.9. The van der Waals surface area contributed by atoms with E-state index in [9.17, 15) is 27.5 Å². The highest BCUT2D eigenvalue weighted by Gasteiger charge is 2.53. The number of benzene rings is 1. The minimum absolute atomic E-state index is 0.0727. The number of carbonyl (C=O) groups is 1.